The number of sulfone groups is 1. The smallest absolute Gasteiger partial charge is 0.335 e. The zero-order chi connectivity index (χ0) is 14.8. The highest BCUT2D eigenvalue weighted by Crippen LogP contribution is 2.17. The molecule has 2 N–H and O–H groups in total. The monoisotopic (exact) mass is 297 g/mol. The van der Waals surface area contributed by atoms with Crippen LogP contribution in [0.4, 0.5) is 0 Å². The second kappa shape index (κ2) is 5.62. The van der Waals surface area contributed by atoms with E-state index in [0.717, 1.165) is 0 Å². The molecule has 1 amide bonds. The Morgan fingerprint density at radius 1 is 1.30 bits per heavy atom. The Hall–Kier alpha value is -1.89. The lowest BCUT2D eigenvalue weighted by molar-refractivity contribution is 0.0697. The summed E-state index contributed by atoms with van der Waals surface area (Å²) in [5.41, 5.74) is 0.298. The number of aromatic carboxylic acids is 1. The maximum absolute atomic E-state index is 11.9. The van der Waals surface area contributed by atoms with Gasteiger partial charge in [-0.15, -0.1) is 0 Å². The second-order valence-corrected chi connectivity index (χ2v) is 7.09. The average molecular weight is 297 g/mol. The summed E-state index contributed by atoms with van der Waals surface area (Å²) in [6.07, 6.45) is 0.553. The fourth-order valence-corrected chi connectivity index (χ4v) is 4.03. The third-order valence-electron chi connectivity index (χ3n) is 3.25. The van der Waals surface area contributed by atoms with Gasteiger partial charge in [-0.2, -0.15) is 0 Å². The van der Waals surface area contributed by atoms with Crippen LogP contribution < -0.4 is 5.32 Å². The van der Waals surface area contributed by atoms with Gasteiger partial charge in [0.25, 0.3) is 5.91 Å². The Morgan fingerprint density at radius 3 is 2.60 bits per heavy atom. The summed E-state index contributed by atoms with van der Waals surface area (Å²) in [6.45, 7) is 0.287. The molecule has 0 aromatic heterocycles. The molecule has 0 bridgehead atoms. The number of hydrogen-bond donors (Lipinski definition) is 2. The number of hydrogen-bond acceptors (Lipinski definition) is 4. The number of amides is 1. The van der Waals surface area contributed by atoms with Crippen LogP contribution in [0.5, 0.6) is 0 Å². The first-order valence-electron chi connectivity index (χ1n) is 6.19. The number of carbonyl (C=O) groups is 2. The van der Waals surface area contributed by atoms with Gasteiger partial charge < -0.3 is 10.4 Å². The van der Waals surface area contributed by atoms with E-state index >= 15 is 0 Å². The first-order valence-corrected chi connectivity index (χ1v) is 8.01. The van der Waals surface area contributed by atoms with Crippen molar-refractivity contribution in [1.82, 2.24) is 5.32 Å². The summed E-state index contributed by atoms with van der Waals surface area (Å²) in [6, 6.07) is 5.72. The Kier molecular flexibility index (Phi) is 4.08. The van der Waals surface area contributed by atoms with Crippen molar-refractivity contribution >= 4 is 21.7 Å². The van der Waals surface area contributed by atoms with Crippen LogP contribution in [-0.4, -0.2) is 43.5 Å². The number of nitrogens with one attached hydrogen (secondary N) is 1. The number of rotatable bonds is 4. The Morgan fingerprint density at radius 2 is 2.00 bits per heavy atom. The molecule has 0 saturated carbocycles. The van der Waals surface area contributed by atoms with Gasteiger partial charge >= 0.3 is 5.97 Å². The van der Waals surface area contributed by atoms with Crippen molar-refractivity contribution < 1.29 is 23.1 Å². The summed E-state index contributed by atoms with van der Waals surface area (Å²) >= 11 is 0. The summed E-state index contributed by atoms with van der Waals surface area (Å²) < 4.78 is 22.6. The number of carboxylic acids is 1. The molecule has 2 rings (SSSR count). The third kappa shape index (κ3) is 3.57. The van der Waals surface area contributed by atoms with Crippen LogP contribution in [-0.2, 0) is 9.84 Å². The van der Waals surface area contributed by atoms with Gasteiger partial charge in [0, 0.05) is 12.1 Å². The standard InChI is InChI=1S/C13H15NO5S/c15-12(10-2-1-3-11(6-10)13(16)17)14-7-9-4-5-20(18,19)8-9/h1-3,6,9H,4-5,7-8H2,(H,14,15)(H,16,17). The normalized spacial score (nSPS) is 20.5. The molecule has 1 aliphatic rings. The van der Waals surface area contributed by atoms with E-state index in [1.54, 1.807) is 0 Å². The summed E-state index contributed by atoms with van der Waals surface area (Å²) in [4.78, 5) is 22.7. The predicted octanol–water partition coefficient (Wildman–Crippen LogP) is 0.549. The Bertz CT molecular complexity index is 638. The van der Waals surface area contributed by atoms with Gasteiger partial charge in [0.05, 0.1) is 17.1 Å². The lowest BCUT2D eigenvalue weighted by atomic mass is 10.1. The lowest BCUT2D eigenvalue weighted by Gasteiger charge is -2.09. The Labute approximate surface area is 116 Å². The molecule has 6 nitrogen and oxygen atoms in total. The topological polar surface area (TPSA) is 101 Å². The quantitative estimate of drug-likeness (QED) is 0.845. The number of carboxylic acid groups (broad SMARTS) is 1. The van der Waals surface area contributed by atoms with Crippen LogP contribution in [0.15, 0.2) is 24.3 Å². The molecule has 1 unspecified atom stereocenters. The predicted molar refractivity (Wildman–Crippen MR) is 72.5 cm³/mol. The first kappa shape index (κ1) is 14.5. The molecule has 7 heteroatoms. The van der Waals surface area contributed by atoms with Crippen molar-refractivity contribution in [1.29, 1.82) is 0 Å². The lowest BCUT2D eigenvalue weighted by Crippen LogP contribution is -2.29. The summed E-state index contributed by atoms with van der Waals surface area (Å²) in [5, 5.41) is 11.5. The molecule has 0 spiro atoms. The minimum atomic E-state index is -2.95. The van der Waals surface area contributed by atoms with E-state index in [-0.39, 0.29) is 35.1 Å². The van der Waals surface area contributed by atoms with Crippen LogP contribution in [0, 0.1) is 5.92 Å². The fourth-order valence-electron chi connectivity index (χ4n) is 2.17. The summed E-state index contributed by atoms with van der Waals surface area (Å²) in [7, 11) is -2.95. The second-order valence-electron chi connectivity index (χ2n) is 4.87. The molecular formula is C13H15NO5S. The zero-order valence-corrected chi connectivity index (χ0v) is 11.5. The van der Waals surface area contributed by atoms with Gasteiger partial charge in [-0.1, -0.05) is 6.07 Å². The van der Waals surface area contributed by atoms with E-state index in [9.17, 15) is 18.0 Å². The van der Waals surface area contributed by atoms with Gasteiger partial charge in [-0.05, 0) is 30.5 Å². The molecule has 1 aromatic carbocycles. The largest absolute Gasteiger partial charge is 0.478 e. The van der Waals surface area contributed by atoms with E-state index in [2.05, 4.69) is 5.32 Å². The van der Waals surface area contributed by atoms with Crippen molar-refractivity contribution in [3.63, 3.8) is 0 Å². The highest BCUT2D eigenvalue weighted by molar-refractivity contribution is 7.91. The van der Waals surface area contributed by atoms with E-state index in [1.807, 2.05) is 0 Å². The first-order chi connectivity index (χ1) is 9.37. The van der Waals surface area contributed by atoms with E-state index < -0.39 is 21.7 Å². The van der Waals surface area contributed by atoms with E-state index in [1.165, 1.54) is 24.3 Å². The van der Waals surface area contributed by atoms with E-state index in [4.69, 9.17) is 5.11 Å². The SMILES string of the molecule is O=C(O)c1cccc(C(=O)NCC2CCS(=O)(=O)C2)c1. The minimum Gasteiger partial charge on any atom is -0.478 e. The fraction of sp³-hybridized carbons (Fsp3) is 0.385. The van der Waals surface area contributed by atoms with Crippen LogP contribution in [0.1, 0.15) is 27.1 Å². The average Bonchev–Trinajstić information content (AvgIpc) is 2.75. The zero-order valence-electron chi connectivity index (χ0n) is 10.7. The number of benzene rings is 1. The molecule has 1 saturated heterocycles. The van der Waals surface area contributed by atoms with Gasteiger partial charge in [0.1, 0.15) is 0 Å². The summed E-state index contributed by atoms with van der Waals surface area (Å²) in [5.74, 6) is -1.28. The van der Waals surface area contributed by atoms with Crippen molar-refractivity contribution in [2.45, 2.75) is 6.42 Å². The van der Waals surface area contributed by atoms with Gasteiger partial charge in [-0.25, -0.2) is 13.2 Å². The molecule has 20 heavy (non-hydrogen) atoms. The van der Waals surface area contributed by atoms with Crippen LogP contribution in [0.3, 0.4) is 0 Å². The molecule has 0 radical (unpaired) electrons. The molecule has 1 heterocycles. The van der Waals surface area contributed by atoms with E-state index in [0.29, 0.717) is 6.42 Å². The maximum Gasteiger partial charge on any atom is 0.335 e. The van der Waals surface area contributed by atoms with Crippen LogP contribution in [0.2, 0.25) is 0 Å². The molecule has 1 aliphatic heterocycles. The molecule has 1 fully saturated rings. The molecule has 108 valence electrons. The van der Waals surface area contributed by atoms with Gasteiger partial charge in [0.2, 0.25) is 0 Å². The number of carbonyl (C=O) groups excluding carboxylic acids is 1. The van der Waals surface area contributed by atoms with Crippen molar-refractivity contribution in [2.24, 2.45) is 5.92 Å². The van der Waals surface area contributed by atoms with Gasteiger partial charge in [0.15, 0.2) is 9.84 Å². The van der Waals surface area contributed by atoms with Crippen molar-refractivity contribution in [3.05, 3.63) is 35.4 Å². The van der Waals surface area contributed by atoms with Crippen LogP contribution in [0.25, 0.3) is 0 Å². The van der Waals surface area contributed by atoms with Crippen LogP contribution >= 0.6 is 0 Å². The maximum atomic E-state index is 11.9. The molecule has 1 atom stereocenters. The molecule has 0 aliphatic carbocycles. The highest BCUT2D eigenvalue weighted by atomic mass is 32.2. The van der Waals surface area contributed by atoms with Crippen molar-refractivity contribution in [2.75, 3.05) is 18.1 Å². The molecule has 1 aromatic rings. The third-order valence-corrected chi connectivity index (χ3v) is 5.09. The molecular weight excluding hydrogens is 282 g/mol. The van der Waals surface area contributed by atoms with Crippen molar-refractivity contribution in [3.8, 4) is 0 Å². The van der Waals surface area contributed by atoms with Gasteiger partial charge in [-0.3, -0.25) is 4.79 Å². The minimum absolute atomic E-state index is 0.0427. The highest BCUT2D eigenvalue weighted by Gasteiger charge is 2.28. The Balaban J connectivity index is 1.95.